The van der Waals surface area contributed by atoms with Crippen LogP contribution in [0.4, 0.5) is 0 Å². The van der Waals surface area contributed by atoms with E-state index in [2.05, 4.69) is 5.32 Å². The monoisotopic (exact) mass is 528 g/mol. The molecule has 3 aromatic carbocycles. The third-order valence-electron chi connectivity index (χ3n) is 5.76. The highest BCUT2D eigenvalue weighted by molar-refractivity contribution is 7.99. The molecule has 0 fully saturated rings. The Hall–Kier alpha value is -2.47. The van der Waals surface area contributed by atoms with Gasteiger partial charge in [0.15, 0.2) is 0 Å². The van der Waals surface area contributed by atoms with Crippen molar-refractivity contribution in [3.63, 3.8) is 0 Å². The van der Waals surface area contributed by atoms with E-state index in [1.54, 1.807) is 23.1 Å². The molecule has 4 nitrogen and oxygen atoms in total. The summed E-state index contributed by atoms with van der Waals surface area (Å²) in [5.41, 5.74) is 3.91. The number of benzene rings is 3. The highest BCUT2D eigenvalue weighted by Crippen LogP contribution is 2.28. The van der Waals surface area contributed by atoms with Crippen LogP contribution in [-0.2, 0) is 28.3 Å². The van der Waals surface area contributed by atoms with Crippen molar-refractivity contribution in [3.05, 3.63) is 105 Å². The van der Waals surface area contributed by atoms with Crippen LogP contribution in [-0.4, -0.2) is 35.1 Å². The first-order chi connectivity index (χ1) is 16.9. The van der Waals surface area contributed by atoms with Gasteiger partial charge >= 0.3 is 0 Å². The molecule has 35 heavy (non-hydrogen) atoms. The highest BCUT2D eigenvalue weighted by atomic mass is 35.5. The molecule has 1 N–H and O–H groups in total. The fourth-order valence-corrected chi connectivity index (χ4v) is 5.46. The third kappa shape index (κ3) is 7.76. The van der Waals surface area contributed by atoms with Crippen LogP contribution in [0.1, 0.15) is 29.2 Å². The van der Waals surface area contributed by atoms with Crippen LogP contribution in [0.5, 0.6) is 0 Å². The fraction of sp³-hybridized carbons (Fsp3) is 0.286. The minimum atomic E-state index is -0.631. The second-order valence-electron chi connectivity index (χ2n) is 8.24. The summed E-state index contributed by atoms with van der Waals surface area (Å²) in [7, 11) is 0. The van der Waals surface area contributed by atoms with E-state index in [-0.39, 0.29) is 17.6 Å². The summed E-state index contributed by atoms with van der Waals surface area (Å²) in [5, 5.41) is 4.09. The maximum Gasteiger partial charge on any atom is 0.243 e. The number of aryl methyl sites for hydroxylation is 1. The van der Waals surface area contributed by atoms with Crippen molar-refractivity contribution in [1.29, 1.82) is 0 Å². The smallest absolute Gasteiger partial charge is 0.243 e. The molecule has 0 saturated heterocycles. The average Bonchev–Trinajstić information content (AvgIpc) is 2.85. The molecule has 0 spiro atoms. The van der Waals surface area contributed by atoms with E-state index < -0.39 is 6.04 Å². The summed E-state index contributed by atoms with van der Waals surface area (Å²) in [6, 6.07) is 22.5. The minimum absolute atomic E-state index is 0.103. The van der Waals surface area contributed by atoms with Crippen molar-refractivity contribution in [2.75, 3.05) is 12.3 Å². The molecular formula is C28H30Cl2N2O2S. The first-order valence-electron chi connectivity index (χ1n) is 11.6. The van der Waals surface area contributed by atoms with E-state index in [1.165, 1.54) is 11.8 Å². The molecule has 7 heteroatoms. The zero-order valence-corrected chi connectivity index (χ0v) is 22.3. The van der Waals surface area contributed by atoms with E-state index in [0.717, 1.165) is 22.3 Å². The summed E-state index contributed by atoms with van der Waals surface area (Å²) in [5.74, 6) is 0.455. The Morgan fingerprint density at radius 3 is 2.26 bits per heavy atom. The van der Waals surface area contributed by atoms with Crippen molar-refractivity contribution >= 4 is 46.8 Å². The molecule has 0 bridgehead atoms. The van der Waals surface area contributed by atoms with Crippen molar-refractivity contribution in [2.24, 2.45) is 0 Å². The first kappa shape index (κ1) is 27.1. The second-order valence-corrected chi connectivity index (χ2v) is 10.0. The minimum Gasteiger partial charge on any atom is -0.355 e. The standard InChI is InChI=1S/C28H30Cl2N2O2S/c1-3-31-28(34)26(16-21-11-5-4-6-12-21)32(17-22-13-8-7-10-20(22)2)27(33)19-35-18-23-24(29)14-9-15-25(23)30/h4-15,26H,3,16-19H2,1-2H3,(H,31,34)/t26-/m0/s1. The van der Waals surface area contributed by atoms with E-state index in [4.69, 9.17) is 23.2 Å². The highest BCUT2D eigenvalue weighted by Gasteiger charge is 2.30. The Morgan fingerprint density at radius 2 is 1.60 bits per heavy atom. The van der Waals surface area contributed by atoms with Gasteiger partial charge in [-0.15, -0.1) is 11.8 Å². The lowest BCUT2D eigenvalue weighted by Gasteiger charge is -2.32. The maximum absolute atomic E-state index is 13.6. The van der Waals surface area contributed by atoms with Gasteiger partial charge in [-0.3, -0.25) is 9.59 Å². The van der Waals surface area contributed by atoms with E-state index >= 15 is 0 Å². The number of carbonyl (C=O) groups excluding carboxylic acids is 2. The Balaban J connectivity index is 1.86. The molecule has 1 atom stereocenters. The van der Waals surface area contributed by atoms with Gasteiger partial charge in [0.2, 0.25) is 11.8 Å². The summed E-state index contributed by atoms with van der Waals surface area (Å²) >= 11 is 14.0. The number of carbonyl (C=O) groups is 2. The van der Waals surface area contributed by atoms with Crippen LogP contribution < -0.4 is 5.32 Å². The van der Waals surface area contributed by atoms with Gasteiger partial charge in [-0.1, -0.05) is 83.9 Å². The van der Waals surface area contributed by atoms with Crippen LogP contribution in [0.25, 0.3) is 0 Å². The van der Waals surface area contributed by atoms with E-state index in [0.29, 0.717) is 35.3 Å². The number of hydrogen-bond donors (Lipinski definition) is 1. The molecule has 0 aliphatic heterocycles. The third-order valence-corrected chi connectivity index (χ3v) is 7.41. The zero-order chi connectivity index (χ0) is 25.2. The lowest BCUT2D eigenvalue weighted by Crippen LogP contribution is -2.51. The Morgan fingerprint density at radius 1 is 0.943 bits per heavy atom. The van der Waals surface area contributed by atoms with Gasteiger partial charge in [0, 0.05) is 35.3 Å². The van der Waals surface area contributed by atoms with Gasteiger partial charge in [-0.05, 0) is 48.2 Å². The van der Waals surface area contributed by atoms with Crippen molar-refractivity contribution in [1.82, 2.24) is 10.2 Å². The Bertz CT molecular complexity index is 1120. The topological polar surface area (TPSA) is 49.4 Å². The zero-order valence-electron chi connectivity index (χ0n) is 20.0. The van der Waals surface area contributed by atoms with Gasteiger partial charge in [0.25, 0.3) is 0 Å². The molecule has 0 saturated carbocycles. The first-order valence-corrected chi connectivity index (χ1v) is 13.5. The Labute approximate surface area is 222 Å². The van der Waals surface area contributed by atoms with Crippen LogP contribution in [0.15, 0.2) is 72.8 Å². The van der Waals surface area contributed by atoms with Crippen molar-refractivity contribution in [2.45, 2.75) is 38.6 Å². The average molecular weight is 530 g/mol. The molecule has 184 valence electrons. The van der Waals surface area contributed by atoms with Gasteiger partial charge in [0.1, 0.15) is 6.04 Å². The SMILES string of the molecule is CCNC(=O)[C@H](Cc1ccccc1)N(Cc1ccccc1C)C(=O)CSCc1c(Cl)cccc1Cl. The second kappa shape index (κ2) is 13.6. The van der Waals surface area contributed by atoms with E-state index in [9.17, 15) is 9.59 Å². The predicted molar refractivity (Wildman–Crippen MR) is 147 cm³/mol. The number of nitrogens with zero attached hydrogens (tertiary/aromatic N) is 1. The predicted octanol–water partition coefficient (Wildman–Crippen LogP) is 6.31. The van der Waals surface area contributed by atoms with Gasteiger partial charge in [0.05, 0.1) is 5.75 Å². The number of hydrogen-bond acceptors (Lipinski definition) is 3. The van der Waals surface area contributed by atoms with Crippen LogP contribution in [0.3, 0.4) is 0 Å². The molecule has 2 amide bonds. The normalized spacial score (nSPS) is 11.7. The lowest BCUT2D eigenvalue weighted by atomic mass is 10.0. The summed E-state index contributed by atoms with van der Waals surface area (Å²) in [6.07, 6.45) is 0.436. The molecule has 0 aliphatic rings. The van der Waals surface area contributed by atoms with Gasteiger partial charge in [-0.2, -0.15) is 0 Å². The summed E-state index contributed by atoms with van der Waals surface area (Å²) in [6.45, 7) is 4.75. The number of rotatable bonds is 11. The molecular weight excluding hydrogens is 499 g/mol. The van der Waals surface area contributed by atoms with Crippen LogP contribution in [0, 0.1) is 6.92 Å². The molecule has 0 heterocycles. The van der Waals surface area contributed by atoms with Crippen molar-refractivity contribution < 1.29 is 9.59 Å². The lowest BCUT2D eigenvalue weighted by molar-refractivity contribution is -0.139. The summed E-state index contributed by atoms with van der Waals surface area (Å²) in [4.78, 5) is 28.5. The quantitative estimate of drug-likeness (QED) is 0.317. The molecule has 3 aromatic rings. The Kier molecular flexibility index (Phi) is 10.5. The van der Waals surface area contributed by atoms with Crippen LogP contribution in [0.2, 0.25) is 10.0 Å². The van der Waals surface area contributed by atoms with Crippen LogP contribution >= 0.6 is 35.0 Å². The maximum atomic E-state index is 13.6. The number of amides is 2. The number of likely N-dealkylation sites (N-methyl/N-ethyl adjacent to an activating group) is 1. The van der Waals surface area contributed by atoms with E-state index in [1.807, 2.05) is 68.4 Å². The van der Waals surface area contributed by atoms with Gasteiger partial charge < -0.3 is 10.2 Å². The molecule has 0 unspecified atom stereocenters. The molecule has 0 aromatic heterocycles. The molecule has 0 aliphatic carbocycles. The molecule has 3 rings (SSSR count). The number of nitrogens with one attached hydrogen (secondary N) is 1. The molecule has 0 radical (unpaired) electrons. The summed E-state index contributed by atoms with van der Waals surface area (Å²) < 4.78 is 0. The van der Waals surface area contributed by atoms with Crippen molar-refractivity contribution in [3.8, 4) is 0 Å². The fourth-order valence-electron chi connectivity index (χ4n) is 3.81. The van der Waals surface area contributed by atoms with Gasteiger partial charge in [-0.25, -0.2) is 0 Å². The number of halogens is 2. The largest absolute Gasteiger partial charge is 0.355 e. The number of thioether (sulfide) groups is 1.